The monoisotopic (exact) mass is 288 g/mol. The molecule has 1 aliphatic carbocycles. The molecular formula is C11H10BrFO3. The van der Waals surface area contributed by atoms with Crippen molar-refractivity contribution < 1.29 is 19.0 Å². The van der Waals surface area contributed by atoms with Crippen LogP contribution in [0, 0.1) is 5.82 Å². The maximum atomic E-state index is 13.9. The topological polar surface area (TPSA) is 38.7 Å². The average molecular weight is 289 g/mol. The van der Waals surface area contributed by atoms with E-state index in [1.807, 2.05) is 0 Å². The van der Waals surface area contributed by atoms with Gasteiger partial charge >= 0.3 is 0 Å². The molecule has 1 heterocycles. The van der Waals surface area contributed by atoms with Crippen molar-refractivity contribution in [3.05, 3.63) is 21.9 Å². The van der Waals surface area contributed by atoms with E-state index in [1.54, 1.807) is 6.07 Å². The van der Waals surface area contributed by atoms with Crippen LogP contribution in [0.3, 0.4) is 0 Å². The minimum Gasteiger partial charge on any atom is -0.454 e. The second-order valence-corrected chi connectivity index (χ2v) is 5.14. The molecule has 2 aliphatic rings. The Morgan fingerprint density at radius 2 is 2.19 bits per heavy atom. The summed E-state index contributed by atoms with van der Waals surface area (Å²) in [6.45, 7) is 0.108. The third kappa shape index (κ3) is 1.58. The molecule has 1 saturated carbocycles. The Morgan fingerprint density at radius 1 is 1.44 bits per heavy atom. The highest BCUT2D eigenvalue weighted by Crippen LogP contribution is 2.46. The summed E-state index contributed by atoms with van der Waals surface area (Å²) < 4.78 is 24.7. The number of fused-ring (bicyclic) bond motifs is 1. The van der Waals surface area contributed by atoms with Crippen LogP contribution in [0.1, 0.15) is 18.4 Å². The predicted octanol–water partition coefficient (Wildman–Crippen LogP) is 2.38. The highest BCUT2D eigenvalue weighted by Gasteiger charge is 2.42. The lowest BCUT2D eigenvalue weighted by Gasteiger charge is -2.12. The van der Waals surface area contributed by atoms with Gasteiger partial charge in [0.05, 0.1) is 10.1 Å². The largest absolute Gasteiger partial charge is 0.454 e. The van der Waals surface area contributed by atoms with Gasteiger partial charge in [-0.2, -0.15) is 0 Å². The molecule has 0 spiro atoms. The van der Waals surface area contributed by atoms with Crippen LogP contribution in [-0.4, -0.2) is 17.5 Å². The van der Waals surface area contributed by atoms with Crippen molar-refractivity contribution in [2.45, 2.75) is 24.9 Å². The van der Waals surface area contributed by atoms with E-state index < -0.39 is 5.60 Å². The molecule has 0 bridgehead atoms. The highest BCUT2D eigenvalue weighted by molar-refractivity contribution is 9.10. The van der Waals surface area contributed by atoms with E-state index in [4.69, 9.17) is 9.47 Å². The van der Waals surface area contributed by atoms with Gasteiger partial charge in [-0.05, 0) is 28.8 Å². The summed E-state index contributed by atoms with van der Waals surface area (Å²) in [5.41, 5.74) is -0.344. The first-order valence-corrected chi connectivity index (χ1v) is 5.87. The Kier molecular flexibility index (Phi) is 2.16. The van der Waals surface area contributed by atoms with E-state index in [0.717, 1.165) is 0 Å². The van der Waals surface area contributed by atoms with Crippen molar-refractivity contribution in [3.63, 3.8) is 0 Å². The summed E-state index contributed by atoms with van der Waals surface area (Å²) in [5, 5.41) is 9.85. The van der Waals surface area contributed by atoms with Gasteiger partial charge in [-0.25, -0.2) is 4.39 Å². The number of rotatable bonds is 2. The molecule has 0 amide bonds. The molecule has 0 unspecified atom stereocenters. The number of benzene rings is 1. The van der Waals surface area contributed by atoms with Gasteiger partial charge in [-0.3, -0.25) is 0 Å². The molecule has 1 aromatic carbocycles. The van der Waals surface area contributed by atoms with Gasteiger partial charge in [0.2, 0.25) is 6.79 Å². The van der Waals surface area contributed by atoms with Gasteiger partial charge in [-0.1, -0.05) is 0 Å². The van der Waals surface area contributed by atoms with Crippen molar-refractivity contribution in [2.24, 2.45) is 0 Å². The molecular weight excluding hydrogens is 279 g/mol. The van der Waals surface area contributed by atoms with E-state index in [0.29, 0.717) is 34.4 Å². The predicted molar refractivity (Wildman–Crippen MR) is 58.1 cm³/mol. The van der Waals surface area contributed by atoms with Gasteiger partial charge in [0.25, 0.3) is 0 Å². The Morgan fingerprint density at radius 3 is 2.88 bits per heavy atom. The molecule has 0 aromatic heterocycles. The van der Waals surface area contributed by atoms with Crippen LogP contribution in [0.25, 0.3) is 0 Å². The van der Waals surface area contributed by atoms with Gasteiger partial charge in [0.1, 0.15) is 5.82 Å². The summed E-state index contributed by atoms with van der Waals surface area (Å²) in [6, 6.07) is 1.55. The molecule has 3 rings (SSSR count). The van der Waals surface area contributed by atoms with E-state index in [9.17, 15) is 9.50 Å². The van der Waals surface area contributed by atoms with Crippen LogP contribution < -0.4 is 9.47 Å². The SMILES string of the molecule is OC1(Cc2c(F)c(Br)cc3c2OCO3)CC1. The van der Waals surface area contributed by atoms with Crippen LogP contribution >= 0.6 is 15.9 Å². The number of hydrogen-bond donors (Lipinski definition) is 1. The molecule has 0 radical (unpaired) electrons. The second-order valence-electron chi connectivity index (χ2n) is 4.29. The molecule has 1 aliphatic heterocycles. The van der Waals surface area contributed by atoms with Crippen molar-refractivity contribution in [1.82, 2.24) is 0 Å². The fraction of sp³-hybridized carbons (Fsp3) is 0.455. The summed E-state index contributed by atoms with van der Waals surface area (Å²) in [7, 11) is 0. The molecule has 1 fully saturated rings. The van der Waals surface area contributed by atoms with E-state index in [2.05, 4.69) is 15.9 Å². The molecule has 0 atom stereocenters. The maximum absolute atomic E-state index is 13.9. The van der Waals surface area contributed by atoms with Crippen LogP contribution in [0.15, 0.2) is 10.5 Å². The molecule has 86 valence electrons. The quantitative estimate of drug-likeness (QED) is 0.908. The first kappa shape index (κ1) is 10.4. The van der Waals surface area contributed by atoms with Crippen LogP contribution in [0.2, 0.25) is 0 Å². The average Bonchev–Trinajstić information content (AvgIpc) is 2.77. The van der Waals surface area contributed by atoms with Gasteiger partial charge < -0.3 is 14.6 Å². The Labute approximate surface area is 100 Å². The number of halogens is 2. The molecule has 1 N–H and O–H groups in total. The molecule has 1 aromatic rings. The highest BCUT2D eigenvalue weighted by atomic mass is 79.9. The maximum Gasteiger partial charge on any atom is 0.231 e. The van der Waals surface area contributed by atoms with Crippen molar-refractivity contribution in [3.8, 4) is 11.5 Å². The number of ether oxygens (including phenoxy) is 2. The first-order chi connectivity index (χ1) is 7.59. The van der Waals surface area contributed by atoms with Crippen molar-refractivity contribution in [2.75, 3.05) is 6.79 Å². The zero-order chi connectivity index (χ0) is 11.3. The van der Waals surface area contributed by atoms with Crippen LogP contribution in [0.4, 0.5) is 4.39 Å². The lowest BCUT2D eigenvalue weighted by molar-refractivity contribution is 0.145. The minimum atomic E-state index is -0.749. The Balaban J connectivity index is 2.07. The lowest BCUT2D eigenvalue weighted by Crippen LogP contribution is -2.13. The smallest absolute Gasteiger partial charge is 0.231 e. The van der Waals surface area contributed by atoms with Gasteiger partial charge in [0.15, 0.2) is 11.5 Å². The fourth-order valence-corrected chi connectivity index (χ4v) is 2.31. The zero-order valence-corrected chi connectivity index (χ0v) is 10.0. The van der Waals surface area contributed by atoms with Gasteiger partial charge in [0, 0.05) is 18.1 Å². The van der Waals surface area contributed by atoms with Crippen LogP contribution in [0.5, 0.6) is 11.5 Å². The summed E-state index contributed by atoms with van der Waals surface area (Å²) in [6.07, 6.45) is 1.72. The first-order valence-electron chi connectivity index (χ1n) is 5.08. The normalized spacial score (nSPS) is 19.9. The standard InChI is InChI=1S/C11H10BrFO3/c12-7-3-8-10(16-5-15-8)6(9(7)13)4-11(14)1-2-11/h3,14H,1-2,4-5H2. The van der Waals surface area contributed by atoms with Crippen molar-refractivity contribution in [1.29, 1.82) is 0 Å². The van der Waals surface area contributed by atoms with E-state index >= 15 is 0 Å². The third-order valence-electron chi connectivity index (χ3n) is 2.98. The molecule has 5 heteroatoms. The molecule has 0 saturated heterocycles. The van der Waals surface area contributed by atoms with E-state index in [1.165, 1.54) is 0 Å². The minimum absolute atomic E-state index is 0.108. The molecule has 3 nitrogen and oxygen atoms in total. The van der Waals surface area contributed by atoms with Crippen LogP contribution in [-0.2, 0) is 6.42 Å². The van der Waals surface area contributed by atoms with E-state index in [-0.39, 0.29) is 19.0 Å². The number of aliphatic hydroxyl groups is 1. The summed E-state index contributed by atoms with van der Waals surface area (Å²) in [5.74, 6) is 0.595. The summed E-state index contributed by atoms with van der Waals surface area (Å²) >= 11 is 3.14. The molecule has 16 heavy (non-hydrogen) atoms. The lowest BCUT2D eigenvalue weighted by atomic mass is 10.0. The Hall–Kier alpha value is -0.810. The fourth-order valence-electron chi connectivity index (χ4n) is 1.86. The van der Waals surface area contributed by atoms with Crippen molar-refractivity contribution >= 4 is 15.9 Å². The second kappa shape index (κ2) is 3.34. The Bertz CT molecular complexity index is 457. The summed E-state index contributed by atoms with van der Waals surface area (Å²) in [4.78, 5) is 0. The van der Waals surface area contributed by atoms with Gasteiger partial charge in [-0.15, -0.1) is 0 Å². The number of hydrogen-bond acceptors (Lipinski definition) is 3. The zero-order valence-electron chi connectivity index (χ0n) is 8.43. The third-order valence-corrected chi connectivity index (χ3v) is 3.56.